The zero-order valence-corrected chi connectivity index (χ0v) is 18.0. The van der Waals surface area contributed by atoms with Crippen LogP contribution in [0.3, 0.4) is 0 Å². The molecule has 2 aromatic heterocycles. The number of hydrogen-bond donors (Lipinski definition) is 1. The zero-order chi connectivity index (χ0) is 18.7. The van der Waals surface area contributed by atoms with Crippen molar-refractivity contribution in [3.8, 4) is 0 Å². The quantitative estimate of drug-likeness (QED) is 0.778. The van der Waals surface area contributed by atoms with E-state index in [0.29, 0.717) is 12.1 Å². The van der Waals surface area contributed by atoms with Crippen molar-refractivity contribution in [2.75, 3.05) is 6.54 Å². The van der Waals surface area contributed by atoms with Crippen LogP contribution in [0.5, 0.6) is 0 Å². The SMILES string of the molecule is CC1CC1c1ccc2nc([C@H]3C[C@H](O[Si](C)(C)C(C)(C)C)CN3)cn2c1. The Morgan fingerprint density at radius 2 is 1.92 bits per heavy atom. The fourth-order valence-electron chi connectivity index (χ4n) is 3.81. The molecule has 0 amide bonds. The van der Waals surface area contributed by atoms with Gasteiger partial charge in [0.1, 0.15) is 5.65 Å². The van der Waals surface area contributed by atoms with Gasteiger partial charge in [-0.1, -0.05) is 33.8 Å². The van der Waals surface area contributed by atoms with Crippen LogP contribution < -0.4 is 5.32 Å². The van der Waals surface area contributed by atoms with E-state index < -0.39 is 8.32 Å². The van der Waals surface area contributed by atoms with Crippen molar-refractivity contribution in [3.05, 3.63) is 35.8 Å². The van der Waals surface area contributed by atoms with Gasteiger partial charge in [0, 0.05) is 18.9 Å². The first-order valence-electron chi connectivity index (χ1n) is 10.0. The van der Waals surface area contributed by atoms with Crippen molar-refractivity contribution in [1.82, 2.24) is 14.7 Å². The number of rotatable bonds is 4. The lowest BCUT2D eigenvalue weighted by molar-refractivity contribution is 0.197. The monoisotopic (exact) mass is 371 g/mol. The lowest BCUT2D eigenvalue weighted by Gasteiger charge is -2.38. The summed E-state index contributed by atoms with van der Waals surface area (Å²) in [6.45, 7) is 14.9. The van der Waals surface area contributed by atoms with Crippen LogP contribution in [0.2, 0.25) is 18.1 Å². The van der Waals surface area contributed by atoms with Gasteiger partial charge >= 0.3 is 0 Å². The van der Waals surface area contributed by atoms with E-state index in [4.69, 9.17) is 9.41 Å². The van der Waals surface area contributed by atoms with Gasteiger partial charge in [-0.2, -0.15) is 0 Å². The van der Waals surface area contributed by atoms with Crippen molar-refractivity contribution < 1.29 is 4.43 Å². The van der Waals surface area contributed by atoms with E-state index in [2.05, 4.69) is 75.0 Å². The fourth-order valence-corrected chi connectivity index (χ4v) is 5.18. The maximum absolute atomic E-state index is 6.60. The summed E-state index contributed by atoms with van der Waals surface area (Å²) in [6, 6.07) is 4.72. The van der Waals surface area contributed by atoms with E-state index in [1.54, 1.807) is 0 Å². The van der Waals surface area contributed by atoms with Gasteiger partial charge in [0.2, 0.25) is 0 Å². The Morgan fingerprint density at radius 3 is 2.58 bits per heavy atom. The summed E-state index contributed by atoms with van der Waals surface area (Å²) in [5.41, 5.74) is 3.65. The number of nitrogens with one attached hydrogen (secondary N) is 1. The predicted octanol–water partition coefficient (Wildman–Crippen LogP) is 4.88. The molecule has 1 saturated heterocycles. The molecule has 1 aliphatic heterocycles. The molecule has 2 fully saturated rings. The molecular formula is C21H33N3OSi. The number of aromatic nitrogens is 2. The molecule has 142 valence electrons. The minimum Gasteiger partial charge on any atom is -0.413 e. The molecule has 2 aliphatic rings. The molecule has 2 aromatic rings. The number of pyridine rings is 1. The highest BCUT2D eigenvalue weighted by Gasteiger charge is 2.41. The van der Waals surface area contributed by atoms with Crippen LogP contribution in [0.4, 0.5) is 0 Å². The van der Waals surface area contributed by atoms with Crippen molar-refractivity contribution in [1.29, 1.82) is 0 Å². The average molecular weight is 372 g/mol. The van der Waals surface area contributed by atoms with E-state index in [9.17, 15) is 0 Å². The van der Waals surface area contributed by atoms with Gasteiger partial charge in [0.05, 0.1) is 17.8 Å². The minimum atomic E-state index is -1.72. The van der Waals surface area contributed by atoms with E-state index in [1.165, 1.54) is 12.0 Å². The summed E-state index contributed by atoms with van der Waals surface area (Å²) in [7, 11) is -1.72. The van der Waals surface area contributed by atoms with E-state index in [-0.39, 0.29) is 5.04 Å². The van der Waals surface area contributed by atoms with Gasteiger partial charge in [-0.15, -0.1) is 0 Å². The minimum absolute atomic E-state index is 0.254. The molecule has 4 nitrogen and oxygen atoms in total. The molecule has 5 heteroatoms. The fraction of sp³-hybridized carbons (Fsp3) is 0.667. The molecule has 2 unspecified atom stereocenters. The van der Waals surface area contributed by atoms with E-state index >= 15 is 0 Å². The van der Waals surface area contributed by atoms with Crippen LogP contribution in [0.1, 0.15) is 63.8 Å². The van der Waals surface area contributed by atoms with Crippen molar-refractivity contribution in [2.24, 2.45) is 5.92 Å². The molecule has 1 saturated carbocycles. The summed E-state index contributed by atoms with van der Waals surface area (Å²) in [6.07, 6.45) is 7.12. The smallest absolute Gasteiger partial charge is 0.192 e. The van der Waals surface area contributed by atoms with E-state index in [0.717, 1.165) is 36.1 Å². The Bertz CT molecular complexity index is 807. The first-order valence-corrected chi connectivity index (χ1v) is 12.9. The zero-order valence-electron chi connectivity index (χ0n) is 17.0. The predicted molar refractivity (Wildman–Crippen MR) is 109 cm³/mol. The first kappa shape index (κ1) is 18.2. The molecule has 3 heterocycles. The molecular weight excluding hydrogens is 338 g/mol. The lowest BCUT2D eigenvalue weighted by Crippen LogP contribution is -2.44. The van der Waals surface area contributed by atoms with E-state index in [1.807, 2.05) is 0 Å². The van der Waals surface area contributed by atoms with Crippen molar-refractivity contribution in [3.63, 3.8) is 0 Å². The highest BCUT2D eigenvalue weighted by molar-refractivity contribution is 6.74. The Kier molecular flexibility index (Phi) is 4.33. The van der Waals surface area contributed by atoms with Gasteiger partial charge in [-0.3, -0.25) is 0 Å². The third-order valence-electron chi connectivity index (χ3n) is 6.75. The molecule has 4 atom stereocenters. The van der Waals surface area contributed by atoms with Gasteiger partial charge < -0.3 is 14.1 Å². The third kappa shape index (κ3) is 3.37. The summed E-state index contributed by atoms with van der Waals surface area (Å²) < 4.78 is 8.81. The number of nitrogens with zero attached hydrogens (tertiary/aromatic N) is 2. The summed E-state index contributed by atoms with van der Waals surface area (Å²) in [4.78, 5) is 4.87. The molecule has 1 N–H and O–H groups in total. The number of imidazole rings is 1. The Labute approximate surface area is 158 Å². The number of hydrogen-bond acceptors (Lipinski definition) is 3. The maximum atomic E-state index is 6.60. The topological polar surface area (TPSA) is 38.6 Å². The molecule has 0 aromatic carbocycles. The van der Waals surface area contributed by atoms with Crippen LogP contribution in [-0.4, -0.2) is 30.4 Å². The summed E-state index contributed by atoms with van der Waals surface area (Å²) >= 11 is 0. The Balaban J connectivity index is 1.47. The van der Waals surface area contributed by atoms with Crippen LogP contribution in [0.15, 0.2) is 24.5 Å². The standard InChI is InChI=1S/C21H33N3OSi/c1-14-9-17(14)15-7-8-20-23-19(13-24(20)12-15)18-10-16(11-22-18)25-26(5,6)21(2,3)4/h7-8,12-14,16-18,22H,9-11H2,1-6H3/t14?,16-,17?,18+/m0/s1. The lowest BCUT2D eigenvalue weighted by atomic mass is 10.1. The molecule has 4 rings (SSSR count). The number of fused-ring (bicyclic) bond motifs is 1. The largest absolute Gasteiger partial charge is 0.413 e. The van der Waals surface area contributed by atoms with Crippen molar-refractivity contribution in [2.45, 2.75) is 76.7 Å². The van der Waals surface area contributed by atoms with Gasteiger partial charge in [0.25, 0.3) is 0 Å². The highest BCUT2D eigenvalue weighted by Crippen LogP contribution is 2.46. The summed E-state index contributed by atoms with van der Waals surface area (Å²) in [5.74, 6) is 1.58. The van der Waals surface area contributed by atoms with Gasteiger partial charge in [-0.25, -0.2) is 4.98 Å². The molecule has 0 bridgehead atoms. The van der Waals surface area contributed by atoms with Gasteiger partial charge in [0.15, 0.2) is 8.32 Å². The molecule has 0 radical (unpaired) electrons. The first-order chi connectivity index (χ1) is 12.1. The van der Waals surface area contributed by atoms with Gasteiger partial charge in [-0.05, 0) is 54.4 Å². The third-order valence-corrected chi connectivity index (χ3v) is 11.3. The average Bonchev–Trinajstić information content (AvgIpc) is 2.96. The second-order valence-corrected chi connectivity index (χ2v) is 14.7. The second kappa shape index (κ2) is 6.18. The highest BCUT2D eigenvalue weighted by atomic mass is 28.4. The van der Waals surface area contributed by atoms with Crippen LogP contribution in [0, 0.1) is 5.92 Å². The normalized spacial score (nSPS) is 29.5. The van der Waals surface area contributed by atoms with Crippen molar-refractivity contribution >= 4 is 14.0 Å². The van der Waals surface area contributed by atoms with Crippen LogP contribution in [-0.2, 0) is 4.43 Å². The van der Waals surface area contributed by atoms with Crippen LogP contribution in [0.25, 0.3) is 5.65 Å². The Morgan fingerprint density at radius 1 is 1.19 bits per heavy atom. The molecule has 26 heavy (non-hydrogen) atoms. The summed E-state index contributed by atoms with van der Waals surface area (Å²) in [5, 5.41) is 3.89. The molecule has 0 spiro atoms. The second-order valence-electron chi connectivity index (χ2n) is 9.91. The molecule has 1 aliphatic carbocycles. The van der Waals surface area contributed by atoms with Crippen LogP contribution >= 0.6 is 0 Å². The maximum Gasteiger partial charge on any atom is 0.192 e. The Hall–Kier alpha value is -1.17.